The zero-order valence-corrected chi connectivity index (χ0v) is 11.4. The normalized spacial score (nSPS) is 28.3. The first-order chi connectivity index (χ1) is 8.22. The van der Waals surface area contributed by atoms with Gasteiger partial charge in [0.05, 0.1) is 12.1 Å². The number of rotatable bonds is 3. The predicted molar refractivity (Wildman–Crippen MR) is 69.6 cm³/mol. The zero-order valence-electron chi connectivity index (χ0n) is 11.4. The van der Waals surface area contributed by atoms with Crippen LogP contribution in [-0.4, -0.2) is 17.2 Å². The SMILES string of the molecule is CC1=C[C@H](O)CC(C)(C)[C@H]1/C=C/C(C)=C\C(=O)[O-]. The van der Waals surface area contributed by atoms with Crippen LogP contribution in [0.15, 0.2) is 35.5 Å². The molecule has 0 amide bonds. The van der Waals surface area contributed by atoms with Crippen LogP contribution < -0.4 is 5.11 Å². The van der Waals surface area contributed by atoms with Gasteiger partial charge in [0, 0.05) is 5.92 Å². The van der Waals surface area contributed by atoms with Crippen molar-refractivity contribution in [2.45, 2.75) is 40.2 Å². The summed E-state index contributed by atoms with van der Waals surface area (Å²) in [6.07, 6.45) is 7.09. The van der Waals surface area contributed by atoms with E-state index < -0.39 is 5.97 Å². The molecule has 1 N–H and O–H groups in total. The second-order valence-corrected chi connectivity index (χ2v) is 5.71. The fraction of sp³-hybridized carbons (Fsp3) is 0.533. The van der Waals surface area contributed by atoms with Gasteiger partial charge in [0.2, 0.25) is 0 Å². The molecule has 0 unspecified atom stereocenters. The second-order valence-electron chi connectivity index (χ2n) is 5.71. The highest BCUT2D eigenvalue weighted by atomic mass is 16.4. The molecule has 0 aromatic heterocycles. The molecular weight excluding hydrogens is 228 g/mol. The molecule has 1 aliphatic carbocycles. The van der Waals surface area contributed by atoms with E-state index in [2.05, 4.69) is 13.8 Å². The standard InChI is InChI=1S/C15H22O3/c1-10(7-14(17)18)5-6-13-11(2)8-12(16)9-15(13,3)4/h5-8,12-13,16H,9H2,1-4H3,(H,17,18)/p-1/b6-5+,10-7-/t12-,13-/m0/s1. The number of aliphatic hydroxyl groups excluding tert-OH is 1. The molecule has 0 spiro atoms. The number of allylic oxidation sites excluding steroid dienone is 4. The van der Waals surface area contributed by atoms with Gasteiger partial charge in [-0.3, -0.25) is 0 Å². The summed E-state index contributed by atoms with van der Waals surface area (Å²) in [5.74, 6) is -0.964. The lowest BCUT2D eigenvalue weighted by molar-refractivity contribution is -0.297. The topological polar surface area (TPSA) is 60.4 Å². The maximum absolute atomic E-state index is 10.4. The number of aliphatic hydroxyl groups is 1. The number of carbonyl (C=O) groups is 1. The first-order valence-electron chi connectivity index (χ1n) is 6.16. The van der Waals surface area contributed by atoms with Crippen LogP contribution in [0.5, 0.6) is 0 Å². The fourth-order valence-corrected chi connectivity index (χ4v) is 2.64. The molecule has 3 nitrogen and oxygen atoms in total. The molecule has 1 aliphatic rings. The van der Waals surface area contributed by atoms with Crippen LogP contribution in [0.4, 0.5) is 0 Å². The van der Waals surface area contributed by atoms with Crippen LogP contribution >= 0.6 is 0 Å². The Hall–Kier alpha value is -1.35. The molecule has 0 aromatic rings. The summed E-state index contributed by atoms with van der Waals surface area (Å²) in [6, 6.07) is 0. The number of hydrogen-bond acceptors (Lipinski definition) is 3. The van der Waals surface area contributed by atoms with Crippen molar-refractivity contribution in [3.8, 4) is 0 Å². The van der Waals surface area contributed by atoms with E-state index in [1.165, 1.54) is 0 Å². The molecule has 0 saturated carbocycles. The van der Waals surface area contributed by atoms with Crippen molar-refractivity contribution in [1.29, 1.82) is 0 Å². The molecular formula is C15H21O3-. The van der Waals surface area contributed by atoms with Crippen molar-refractivity contribution in [1.82, 2.24) is 0 Å². The lowest BCUT2D eigenvalue weighted by atomic mass is 9.67. The van der Waals surface area contributed by atoms with Crippen molar-refractivity contribution in [2.24, 2.45) is 11.3 Å². The average Bonchev–Trinajstić information content (AvgIpc) is 2.12. The van der Waals surface area contributed by atoms with Gasteiger partial charge < -0.3 is 15.0 Å². The highest BCUT2D eigenvalue weighted by molar-refractivity contribution is 5.79. The lowest BCUT2D eigenvalue weighted by Gasteiger charge is -2.38. The van der Waals surface area contributed by atoms with E-state index in [1.54, 1.807) is 13.0 Å². The van der Waals surface area contributed by atoms with E-state index in [0.29, 0.717) is 12.0 Å². The van der Waals surface area contributed by atoms with E-state index in [4.69, 9.17) is 0 Å². The van der Waals surface area contributed by atoms with Crippen LogP contribution in [0.1, 0.15) is 34.1 Å². The number of carboxylic acids is 1. The molecule has 2 atom stereocenters. The zero-order chi connectivity index (χ0) is 13.9. The smallest absolute Gasteiger partial charge is 0.0729 e. The maximum atomic E-state index is 10.4. The Morgan fingerprint density at radius 1 is 1.56 bits per heavy atom. The summed E-state index contributed by atoms with van der Waals surface area (Å²) < 4.78 is 0. The van der Waals surface area contributed by atoms with Gasteiger partial charge in [-0.2, -0.15) is 0 Å². The van der Waals surface area contributed by atoms with Crippen LogP contribution in [0.25, 0.3) is 0 Å². The van der Waals surface area contributed by atoms with E-state index in [9.17, 15) is 15.0 Å². The average molecular weight is 249 g/mol. The number of carboxylic acid groups (broad SMARTS) is 1. The predicted octanol–water partition coefficient (Wildman–Crippen LogP) is 1.59. The Kier molecular flexibility index (Phi) is 4.52. The number of carbonyl (C=O) groups excluding carboxylic acids is 1. The summed E-state index contributed by atoms with van der Waals surface area (Å²) in [6.45, 7) is 7.95. The molecule has 0 bridgehead atoms. The van der Waals surface area contributed by atoms with Crippen molar-refractivity contribution >= 4 is 5.97 Å². The molecule has 0 aliphatic heterocycles. The monoisotopic (exact) mass is 249 g/mol. The van der Waals surface area contributed by atoms with Crippen molar-refractivity contribution in [3.63, 3.8) is 0 Å². The van der Waals surface area contributed by atoms with Crippen LogP contribution in [0, 0.1) is 11.3 Å². The Labute approximate surface area is 109 Å². The fourth-order valence-electron chi connectivity index (χ4n) is 2.64. The van der Waals surface area contributed by atoms with Gasteiger partial charge in [-0.15, -0.1) is 0 Å². The molecule has 3 heteroatoms. The Bertz CT molecular complexity index is 413. The van der Waals surface area contributed by atoms with Gasteiger partial charge in [-0.05, 0) is 37.3 Å². The summed E-state index contributed by atoms with van der Waals surface area (Å²) in [4.78, 5) is 10.4. The Balaban J connectivity index is 2.92. The number of hydrogen-bond donors (Lipinski definition) is 1. The van der Waals surface area contributed by atoms with Crippen molar-refractivity contribution in [3.05, 3.63) is 35.5 Å². The maximum Gasteiger partial charge on any atom is 0.0729 e. The van der Waals surface area contributed by atoms with Crippen LogP contribution in [0.2, 0.25) is 0 Å². The minimum absolute atomic E-state index is 0.0312. The van der Waals surface area contributed by atoms with Gasteiger partial charge >= 0.3 is 0 Å². The Morgan fingerprint density at radius 2 is 2.17 bits per heavy atom. The summed E-state index contributed by atoms with van der Waals surface area (Å²) in [5.41, 5.74) is 1.75. The molecule has 0 radical (unpaired) electrons. The van der Waals surface area contributed by atoms with E-state index >= 15 is 0 Å². The third-order valence-electron chi connectivity index (χ3n) is 3.42. The van der Waals surface area contributed by atoms with Gasteiger partial charge in [-0.25, -0.2) is 0 Å². The van der Waals surface area contributed by atoms with Gasteiger partial charge in [-0.1, -0.05) is 37.6 Å². The third kappa shape index (κ3) is 3.84. The molecule has 1 rings (SSSR count). The summed E-state index contributed by atoms with van der Waals surface area (Å²) in [7, 11) is 0. The van der Waals surface area contributed by atoms with Gasteiger partial charge in [0.15, 0.2) is 0 Å². The van der Waals surface area contributed by atoms with Crippen molar-refractivity contribution < 1.29 is 15.0 Å². The van der Waals surface area contributed by atoms with Gasteiger partial charge in [0.1, 0.15) is 0 Å². The van der Waals surface area contributed by atoms with E-state index in [0.717, 1.165) is 11.6 Å². The van der Waals surface area contributed by atoms with E-state index in [-0.39, 0.29) is 17.4 Å². The van der Waals surface area contributed by atoms with E-state index in [1.807, 2.05) is 19.1 Å². The highest BCUT2D eigenvalue weighted by Gasteiger charge is 2.34. The van der Waals surface area contributed by atoms with Crippen LogP contribution in [-0.2, 0) is 4.79 Å². The molecule has 0 fully saturated rings. The first-order valence-corrected chi connectivity index (χ1v) is 6.16. The first kappa shape index (κ1) is 14.7. The quantitative estimate of drug-likeness (QED) is 0.469. The number of aliphatic carboxylic acids is 1. The van der Waals surface area contributed by atoms with Crippen molar-refractivity contribution in [2.75, 3.05) is 0 Å². The Morgan fingerprint density at radius 3 is 2.67 bits per heavy atom. The summed E-state index contributed by atoms with van der Waals surface area (Å²) >= 11 is 0. The van der Waals surface area contributed by atoms with Crippen LogP contribution in [0.3, 0.4) is 0 Å². The third-order valence-corrected chi connectivity index (χ3v) is 3.42. The minimum atomic E-state index is -1.18. The molecule has 100 valence electrons. The van der Waals surface area contributed by atoms with Gasteiger partial charge in [0.25, 0.3) is 0 Å². The molecule has 0 aromatic carbocycles. The largest absolute Gasteiger partial charge is 0.545 e. The lowest BCUT2D eigenvalue weighted by Crippen LogP contribution is -2.32. The molecule has 0 saturated heterocycles. The minimum Gasteiger partial charge on any atom is -0.545 e. The highest BCUT2D eigenvalue weighted by Crippen LogP contribution is 2.41. The second kappa shape index (κ2) is 5.53. The summed E-state index contributed by atoms with van der Waals surface area (Å²) in [5, 5.41) is 20.2. The molecule has 0 heterocycles. The molecule has 18 heavy (non-hydrogen) atoms.